The van der Waals surface area contributed by atoms with Crippen LogP contribution in [0.3, 0.4) is 0 Å². The molecule has 1 heterocycles. The Morgan fingerprint density at radius 3 is 2.57 bits per heavy atom. The molecule has 6 heteroatoms. The van der Waals surface area contributed by atoms with Crippen LogP contribution in [0.5, 0.6) is 11.5 Å². The number of benzene rings is 1. The Hall–Kier alpha value is -0.950. The largest absolute Gasteiger partial charge is 0.486 e. The van der Waals surface area contributed by atoms with E-state index in [1.54, 1.807) is 26.0 Å². The Labute approximate surface area is 130 Å². The molecule has 1 atom stereocenters. The summed E-state index contributed by atoms with van der Waals surface area (Å²) in [6, 6.07) is 4.12. The molecule has 118 valence electrons. The SMILES string of the molecule is COCC(CNCc1cc2c(cc1SC)OCCO2)OC. The second-order valence-electron chi connectivity index (χ2n) is 4.75. The first-order valence-electron chi connectivity index (χ1n) is 6.97. The minimum absolute atomic E-state index is 0.0601. The molecule has 1 aromatic carbocycles. The lowest BCUT2D eigenvalue weighted by atomic mass is 10.2. The first-order chi connectivity index (χ1) is 10.3. The standard InChI is InChI=1S/C15H23NO4S/c1-17-10-12(18-2)9-16-8-11-6-13-14(7-15(11)21-3)20-5-4-19-13/h6-7,12,16H,4-5,8-10H2,1-3H3. The van der Waals surface area contributed by atoms with Crippen molar-refractivity contribution in [3.8, 4) is 11.5 Å². The lowest BCUT2D eigenvalue weighted by Gasteiger charge is -2.21. The minimum atomic E-state index is 0.0601. The van der Waals surface area contributed by atoms with Crippen LogP contribution in [0.2, 0.25) is 0 Å². The van der Waals surface area contributed by atoms with Gasteiger partial charge in [0.15, 0.2) is 11.5 Å². The van der Waals surface area contributed by atoms with Gasteiger partial charge in [0.05, 0.1) is 12.7 Å². The molecule has 0 saturated heterocycles. The highest BCUT2D eigenvalue weighted by molar-refractivity contribution is 7.98. The number of thioether (sulfide) groups is 1. The molecule has 21 heavy (non-hydrogen) atoms. The topological polar surface area (TPSA) is 49.0 Å². The zero-order valence-corrected chi connectivity index (χ0v) is 13.6. The van der Waals surface area contributed by atoms with Gasteiger partial charge in [0, 0.05) is 32.2 Å². The highest BCUT2D eigenvalue weighted by Gasteiger charge is 2.15. The third-order valence-corrected chi connectivity index (χ3v) is 4.14. The zero-order chi connectivity index (χ0) is 15.1. The number of rotatable bonds is 8. The number of hydrogen-bond donors (Lipinski definition) is 1. The molecule has 0 aliphatic carbocycles. The molecule has 0 radical (unpaired) electrons. The third-order valence-electron chi connectivity index (χ3n) is 3.32. The van der Waals surface area contributed by atoms with Crippen LogP contribution in [-0.4, -0.2) is 52.9 Å². The first kappa shape index (κ1) is 16.4. The summed E-state index contributed by atoms with van der Waals surface area (Å²) in [5, 5.41) is 3.40. The lowest BCUT2D eigenvalue weighted by molar-refractivity contribution is 0.0287. The van der Waals surface area contributed by atoms with E-state index < -0.39 is 0 Å². The molecule has 0 aromatic heterocycles. The summed E-state index contributed by atoms with van der Waals surface area (Å²) >= 11 is 1.71. The summed E-state index contributed by atoms with van der Waals surface area (Å²) in [4.78, 5) is 1.20. The summed E-state index contributed by atoms with van der Waals surface area (Å²) in [6.45, 7) is 3.31. The van der Waals surface area contributed by atoms with E-state index >= 15 is 0 Å². The monoisotopic (exact) mass is 313 g/mol. The number of hydrogen-bond acceptors (Lipinski definition) is 6. The van der Waals surface area contributed by atoms with E-state index in [1.807, 2.05) is 0 Å². The Bertz CT molecular complexity index is 456. The first-order valence-corrected chi connectivity index (χ1v) is 8.20. The Morgan fingerprint density at radius 2 is 1.95 bits per heavy atom. The van der Waals surface area contributed by atoms with Crippen LogP contribution >= 0.6 is 11.8 Å². The van der Waals surface area contributed by atoms with E-state index in [9.17, 15) is 0 Å². The number of nitrogens with one attached hydrogen (secondary N) is 1. The van der Waals surface area contributed by atoms with Gasteiger partial charge in [-0.2, -0.15) is 0 Å². The van der Waals surface area contributed by atoms with Gasteiger partial charge in [-0.15, -0.1) is 11.8 Å². The molecule has 0 amide bonds. The van der Waals surface area contributed by atoms with Gasteiger partial charge in [0.1, 0.15) is 13.2 Å². The van der Waals surface area contributed by atoms with E-state index in [1.165, 1.54) is 10.5 Å². The van der Waals surface area contributed by atoms with Crippen molar-refractivity contribution in [1.29, 1.82) is 0 Å². The van der Waals surface area contributed by atoms with E-state index in [4.69, 9.17) is 18.9 Å². The Balaban J connectivity index is 1.98. The van der Waals surface area contributed by atoms with Crippen molar-refractivity contribution < 1.29 is 18.9 Å². The number of methoxy groups -OCH3 is 2. The Kier molecular flexibility index (Phi) is 6.63. The maximum atomic E-state index is 5.64. The van der Waals surface area contributed by atoms with Gasteiger partial charge in [-0.1, -0.05) is 0 Å². The summed E-state index contributed by atoms with van der Waals surface area (Å²) < 4.78 is 21.7. The normalized spacial score (nSPS) is 15.0. The predicted molar refractivity (Wildman–Crippen MR) is 83.6 cm³/mol. The molecule has 2 rings (SSSR count). The molecule has 1 N–H and O–H groups in total. The molecule has 1 unspecified atom stereocenters. The molecule has 1 aromatic rings. The molecule has 0 fully saturated rings. The maximum Gasteiger partial charge on any atom is 0.162 e. The van der Waals surface area contributed by atoms with Crippen LogP contribution in [-0.2, 0) is 16.0 Å². The van der Waals surface area contributed by atoms with E-state index in [0.717, 1.165) is 24.6 Å². The van der Waals surface area contributed by atoms with Crippen molar-refractivity contribution in [3.63, 3.8) is 0 Å². The van der Waals surface area contributed by atoms with Crippen LogP contribution in [0.15, 0.2) is 17.0 Å². The van der Waals surface area contributed by atoms with Gasteiger partial charge in [-0.25, -0.2) is 0 Å². The molecule has 0 bridgehead atoms. The van der Waals surface area contributed by atoms with E-state index in [0.29, 0.717) is 19.8 Å². The Morgan fingerprint density at radius 1 is 1.24 bits per heavy atom. The maximum absolute atomic E-state index is 5.64. The second-order valence-corrected chi connectivity index (χ2v) is 5.60. The van der Waals surface area contributed by atoms with Crippen LogP contribution in [0, 0.1) is 0 Å². The summed E-state index contributed by atoms with van der Waals surface area (Å²) in [6.07, 6.45) is 2.13. The van der Waals surface area contributed by atoms with Crippen molar-refractivity contribution in [2.24, 2.45) is 0 Å². The van der Waals surface area contributed by atoms with Gasteiger partial charge in [0.25, 0.3) is 0 Å². The average molecular weight is 313 g/mol. The molecule has 5 nitrogen and oxygen atoms in total. The summed E-state index contributed by atoms with van der Waals surface area (Å²) in [7, 11) is 3.38. The highest BCUT2D eigenvalue weighted by Crippen LogP contribution is 2.36. The number of fused-ring (bicyclic) bond motifs is 1. The van der Waals surface area contributed by atoms with Crippen LogP contribution < -0.4 is 14.8 Å². The smallest absolute Gasteiger partial charge is 0.162 e. The van der Waals surface area contributed by atoms with Crippen molar-refractivity contribution in [2.45, 2.75) is 17.5 Å². The number of ether oxygens (including phenoxy) is 4. The zero-order valence-electron chi connectivity index (χ0n) is 12.8. The van der Waals surface area contributed by atoms with Gasteiger partial charge in [0.2, 0.25) is 0 Å². The van der Waals surface area contributed by atoms with Gasteiger partial charge >= 0.3 is 0 Å². The predicted octanol–water partition coefficient (Wildman–Crippen LogP) is 1.93. The fourth-order valence-corrected chi connectivity index (χ4v) is 2.82. The summed E-state index contributed by atoms with van der Waals surface area (Å²) in [5.74, 6) is 1.67. The quantitative estimate of drug-likeness (QED) is 0.740. The van der Waals surface area contributed by atoms with Gasteiger partial charge in [-0.3, -0.25) is 0 Å². The van der Waals surface area contributed by atoms with Gasteiger partial charge in [-0.05, 0) is 24.0 Å². The van der Waals surface area contributed by atoms with Crippen LogP contribution in [0.25, 0.3) is 0 Å². The third kappa shape index (κ3) is 4.51. The fraction of sp³-hybridized carbons (Fsp3) is 0.600. The van der Waals surface area contributed by atoms with Crippen molar-refractivity contribution in [2.75, 3.05) is 46.8 Å². The van der Waals surface area contributed by atoms with Crippen molar-refractivity contribution >= 4 is 11.8 Å². The molecular weight excluding hydrogens is 290 g/mol. The molecular formula is C15H23NO4S. The summed E-state index contributed by atoms with van der Waals surface area (Å²) in [5.41, 5.74) is 1.21. The molecule has 0 spiro atoms. The van der Waals surface area contributed by atoms with E-state index in [2.05, 4.69) is 23.7 Å². The average Bonchev–Trinajstić information content (AvgIpc) is 2.53. The molecule has 0 saturated carbocycles. The lowest BCUT2D eigenvalue weighted by Crippen LogP contribution is -2.31. The van der Waals surface area contributed by atoms with Gasteiger partial charge < -0.3 is 24.3 Å². The molecule has 1 aliphatic rings. The van der Waals surface area contributed by atoms with Crippen molar-refractivity contribution in [1.82, 2.24) is 5.32 Å². The van der Waals surface area contributed by atoms with Crippen LogP contribution in [0.1, 0.15) is 5.56 Å². The minimum Gasteiger partial charge on any atom is -0.486 e. The second kappa shape index (κ2) is 8.48. The fourth-order valence-electron chi connectivity index (χ4n) is 2.20. The van der Waals surface area contributed by atoms with E-state index in [-0.39, 0.29) is 6.10 Å². The molecule has 1 aliphatic heterocycles. The van der Waals surface area contributed by atoms with Crippen LogP contribution in [0.4, 0.5) is 0 Å². The highest BCUT2D eigenvalue weighted by atomic mass is 32.2. The van der Waals surface area contributed by atoms with Crippen molar-refractivity contribution in [3.05, 3.63) is 17.7 Å².